The highest BCUT2D eigenvalue weighted by Gasteiger charge is 2.32. The van der Waals surface area contributed by atoms with Crippen molar-refractivity contribution < 1.29 is 23.4 Å². The molecule has 0 spiro atoms. The molecule has 0 bridgehead atoms. The van der Waals surface area contributed by atoms with Crippen LogP contribution in [0.1, 0.15) is 29.4 Å². The van der Waals surface area contributed by atoms with Gasteiger partial charge in [-0.25, -0.2) is 13.2 Å². The van der Waals surface area contributed by atoms with E-state index in [1.807, 2.05) is 0 Å². The zero-order chi connectivity index (χ0) is 14.9. The molecule has 2 rings (SSSR count). The van der Waals surface area contributed by atoms with Gasteiger partial charge in [-0.15, -0.1) is 11.3 Å². The number of aromatic carboxylic acids is 1. The number of aliphatic hydroxyl groups excluding tert-OH is 1. The zero-order valence-electron chi connectivity index (χ0n) is 11.0. The fourth-order valence-electron chi connectivity index (χ4n) is 2.30. The van der Waals surface area contributed by atoms with Crippen molar-refractivity contribution in [1.82, 2.24) is 4.31 Å². The predicted octanol–water partition coefficient (Wildman–Crippen LogP) is 1.23. The molecule has 0 radical (unpaired) electrons. The van der Waals surface area contributed by atoms with Gasteiger partial charge in [0.1, 0.15) is 9.09 Å². The molecular formula is C12H17NO5S2. The summed E-state index contributed by atoms with van der Waals surface area (Å²) in [6.45, 7) is 2.43. The molecular weight excluding hydrogens is 302 g/mol. The molecule has 1 aliphatic rings. The van der Waals surface area contributed by atoms with E-state index < -0.39 is 22.1 Å². The molecule has 1 aliphatic heterocycles. The number of carboxylic acids is 1. The summed E-state index contributed by atoms with van der Waals surface area (Å²) in [5.41, 5.74) is 0. The van der Waals surface area contributed by atoms with Crippen LogP contribution in [0.3, 0.4) is 0 Å². The minimum atomic E-state index is -3.62. The van der Waals surface area contributed by atoms with E-state index in [1.54, 1.807) is 6.92 Å². The zero-order valence-corrected chi connectivity index (χ0v) is 12.7. The summed E-state index contributed by atoms with van der Waals surface area (Å²) in [6, 6.07) is 2.65. The second-order valence-electron chi connectivity index (χ2n) is 4.91. The van der Waals surface area contributed by atoms with Gasteiger partial charge in [0.25, 0.3) is 10.0 Å². The topological polar surface area (TPSA) is 94.9 Å². The highest BCUT2D eigenvalue weighted by atomic mass is 32.2. The van der Waals surface area contributed by atoms with Crippen LogP contribution in [0.5, 0.6) is 0 Å². The van der Waals surface area contributed by atoms with Gasteiger partial charge in [0.15, 0.2) is 0 Å². The number of hydrogen-bond donors (Lipinski definition) is 2. The van der Waals surface area contributed by atoms with Crippen LogP contribution in [0.15, 0.2) is 16.3 Å². The molecule has 8 heteroatoms. The third-order valence-corrected chi connectivity index (χ3v) is 7.01. The Balaban J connectivity index is 2.13. The van der Waals surface area contributed by atoms with Crippen molar-refractivity contribution in [2.24, 2.45) is 5.92 Å². The molecule has 112 valence electrons. The van der Waals surface area contributed by atoms with Gasteiger partial charge in [0.05, 0.1) is 6.10 Å². The minimum absolute atomic E-state index is 0.0161. The van der Waals surface area contributed by atoms with Crippen LogP contribution in [0.4, 0.5) is 0 Å². The van der Waals surface area contributed by atoms with Crippen LogP contribution in [0.25, 0.3) is 0 Å². The number of carboxylic acid groups (broad SMARTS) is 1. The van der Waals surface area contributed by atoms with Crippen LogP contribution in [0, 0.1) is 5.92 Å². The van der Waals surface area contributed by atoms with Crippen molar-refractivity contribution in [2.45, 2.75) is 30.1 Å². The molecule has 2 heterocycles. The Hall–Kier alpha value is -0.960. The first-order valence-corrected chi connectivity index (χ1v) is 8.59. The fourth-order valence-corrected chi connectivity index (χ4v) is 5.07. The SMILES string of the molecule is CC(O)C1CCN(S(=O)(=O)c2ccc(C(=O)O)s2)CC1. The molecule has 1 fully saturated rings. The summed E-state index contributed by atoms with van der Waals surface area (Å²) < 4.78 is 26.2. The Labute approximate surface area is 121 Å². The predicted molar refractivity (Wildman–Crippen MR) is 74.4 cm³/mol. The number of thiophene rings is 1. The number of rotatable bonds is 4. The first-order chi connectivity index (χ1) is 9.32. The monoisotopic (exact) mass is 319 g/mol. The average Bonchev–Trinajstić information content (AvgIpc) is 2.89. The van der Waals surface area contributed by atoms with E-state index in [0.717, 1.165) is 11.3 Å². The van der Waals surface area contributed by atoms with Crippen LogP contribution >= 0.6 is 11.3 Å². The molecule has 1 aromatic heterocycles. The smallest absolute Gasteiger partial charge is 0.345 e. The van der Waals surface area contributed by atoms with Gasteiger partial charge in [-0.05, 0) is 37.8 Å². The third-order valence-electron chi connectivity index (χ3n) is 3.57. The lowest BCUT2D eigenvalue weighted by molar-refractivity contribution is 0.0702. The molecule has 1 unspecified atom stereocenters. The first kappa shape index (κ1) is 15.4. The molecule has 0 amide bonds. The van der Waals surface area contributed by atoms with Crippen molar-refractivity contribution in [2.75, 3.05) is 13.1 Å². The quantitative estimate of drug-likeness (QED) is 0.870. The summed E-state index contributed by atoms with van der Waals surface area (Å²) in [4.78, 5) is 10.8. The van der Waals surface area contributed by atoms with E-state index in [4.69, 9.17) is 5.11 Å². The molecule has 0 saturated carbocycles. The molecule has 2 N–H and O–H groups in total. The number of sulfonamides is 1. The van der Waals surface area contributed by atoms with Crippen LogP contribution in [0.2, 0.25) is 0 Å². The molecule has 1 saturated heterocycles. The van der Waals surface area contributed by atoms with E-state index in [9.17, 15) is 18.3 Å². The Bertz CT molecular complexity index is 585. The lowest BCUT2D eigenvalue weighted by Gasteiger charge is -2.32. The van der Waals surface area contributed by atoms with E-state index in [0.29, 0.717) is 25.9 Å². The molecule has 6 nitrogen and oxygen atoms in total. The van der Waals surface area contributed by atoms with Crippen LogP contribution in [-0.4, -0.2) is 48.1 Å². The Morgan fingerprint density at radius 1 is 1.40 bits per heavy atom. The van der Waals surface area contributed by atoms with Crippen molar-refractivity contribution in [1.29, 1.82) is 0 Å². The van der Waals surface area contributed by atoms with E-state index in [-0.39, 0.29) is 15.0 Å². The Morgan fingerprint density at radius 3 is 2.45 bits per heavy atom. The number of carbonyl (C=O) groups is 1. The Kier molecular flexibility index (Phi) is 4.48. The summed E-state index contributed by atoms with van der Waals surface area (Å²) in [5, 5.41) is 18.4. The molecule has 1 atom stereocenters. The van der Waals surface area contributed by atoms with Crippen LogP contribution < -0.4 is 0 Å². The van der Waals surface area contributed by atoms with Crippen molar-refractivity contribution in [3.63, 3.8) is 0 Å². The molecule has 0 aliphatic carbocycles. The third kappa shape index (κ3) is 3.03. The number of nitrogens with zero attached hydrogens (tertiary/aromatic N) is 1. The largest absolute Gasteiger partial charge is 0.477 e. The van der Waals surface area contributed by atoms with Gasteiger partial charge in [0, 0.05) is 13.1 Å². The summed E-state index contributed by atoms with van der Waals surface area (Å²) >= 11 is 0.770. The van der Waals surface area contributed by atoms with E-state index in [1.165, 1.54) is 16.4 Å². The van der Waals surface area contributed by atoms with Gasteiger partial charge in [0.2, 0.25) is 0 Å². The van der Waals surface area contributed by atoms with Gasteiger partial charge in [-0.1, -0.05) is 0 Å². The standard InChI is InChI=1S/C12H17NO5S2/c1-8(14)9-4-6-13(7-5-9)20(17,18)11-3-2-10(19-11)12(15)16/h2-3,8-9,14H,4-7H2,1H3,(H,15,16). The van der Waals surface area contributed by atoms with Gasteiger partial charge < -0.3 is 10.2 Å². The van der Waals surface area contributed by atoms with Gasteiger partial charge >= 0.3 is 5.97 Å². The van der Waals surface area contributed by atoms with E-state index in [2.05, 4.69) is 0 Å². The second-order valence-corrected chi connectivity index (χ2v) is 8.15. The lowest BCUT2D eigenvalue weighted by atomic mass is 9.93. The normalized spacial score (nSPS) is 19.9. The molecule has 1 aromatic rings. The van der Waals surface area contributed by atoms with Crippen LogP contribution in [-0.2, 0) is 10.0 Å². The van der Waals surface area contributed by atoms with Crippen molar-refractivity contribution >= 4 is 27.3 Å². The summed E-state index contributed by atoms with van der Waals surface area (Å²) in [5.74, 6) is -0.997. The number of hydrogen-bond acceptors (Lipinski definition) is 5. The van der Waals surface area contributed by atoms with Gasteiger partial charge in [-0.3, -0.25) is 0 Å². The van der Waals surface area contributed by atoms with Gasteiger partial charge in [-0.2, -0.15) is 4.31 Å². The highest BCUT2D eigenvalue weighted by Crippen LogP contribution is 2.29. The lowest BCUT2D eigenvalue weighted by Crippen LogP contribution is -2.40. The fraction of sp³-hybridized carbons (Fsp3) is 0.583. The second kappa shape index (κ2) is 5.80. The minimum Gasteiger partial charge on any atom is -0.477 e. The maximum absolute atomic E-state index is 12.4. The van der Waals surface area contributed by atoms with Crippen molar-refractivity contribution in [3.05, 3.63) is 17.0 Å². The molecule has 0 aromatic carbocycles. The van der Waals surface area contributed by atoms with E-state index >= 15 is 0 Å². The van der Waals surface area contributed by atoms with Crippen molar-refractivity contribution in [3.8, 4) is 0 Å². The number of piperidine rings is 1. The first-order valence-electron chi connectivity index (χ1n) is 6.33. The highest BCUT2D eigenvalue weighted by molar-refractivity contribution is 7.91. The Morgan fingerprint density at radius 2 is 2.00 bits per heavy atom. The number of aliphatic hydroxyl groups is 1. The molecule has 20 heavy (non-hydrogen) atoms. The maximum atomic E-state index is 12.4. The average molecular weight is 319 g/mol. The summed E-state index contributed by atoms with van der Waals surface area (Å²) in [7, 11) is -3.62. The maximum Gasteiger partial charge on any atom is 0.345 e. The summed E-state index contributed by atoms with van der Waals surface area (Å²) in [6.07, 6.45) is 0.808.